The number of aromatic nitrogens is 4. The number of aryl methyl sites for hydroxylation is 1. The van der Waals surface area contributed by atoms with Gasteiger partial charge >= 0.3 is 5.97 Å². The Morgan fingerprint density at radius 1 is 1.11 bits per heavy atom. The lowest BCUT2D eigenvalue weighted by atomic mass is 9.87. The first-order valence-corrected chi connectivity index (χ1v) is 12.1. The summed E-state index contributed by atoms with van der Waals surface area (Å²) >= 11 is 0. The molecular formula is C27H27N5O3. The van der Waals surface area contributed by atoms with Gasteiger partial charge < -0.3 is 14.7 Å². The average Bonchev–Trinajstić information content (AvgIpc) is 3.32. The Bertz CT molecular complexity index is 1420. The van der Waals surface area contributed by atoms with Gasteiger partial charge in [0.2, 0.25) is 0 Å². The Hall–Kier alpha value is -3.78. The number of aromatic carboxylic acids is 1. The number of nitrogens with zero attached hydrogens (tertiary/aromatic N) is 5. The second kappa shape index (κ2) is 8.78. The quantitative estimate of drug-likeness (QED) is 0.470. The molecule has 2 aliphatic heterocycles. The Labute approximate surface area is 203 Å². The van der Waals surface area contributed by atoms with E-state index in [9.17, 15) is 9.90 Å². The first-order chi connectivity index (χ1) is 17.1. The van der Waals surface area contributed by atoms with Gasteiger partial charge in [0.05, 0.1) is 5.52 Å². The molecule has 0 aliphatic carbocycles. The zero-order valence-electron chi connectivity index (χ0n) is 19.6. The number of carboxylic acids is 1. The molecule has 0 atom stereocenters. The van der Waals surface area contributed by atoms with Gasteiger partial charge in [0, 0.05) is 17.6 Å². The van der Waals surface area contributed by atoms with E-state index in [4.69, 9.17) is 9.72 Å². The van der Waals surface area contributed by atoms with Gasteiger partial charge in [-0.1, -0.05) is 35.5 Å². The molecule has 0 radical (unpaired) electrons. The number of carbonyl (C=O) groups is 1. The van der Waals surface area contributed by atoms with Crippen LogP contribution in [-0.2, 0) is 13.0 Å². The van der Waals surface area contributed by atoms with Crippen molar-refractivity contribution < 1.29 is 14.6 Å². The van der Waals surface area contributed by atoms with Crippen molar-refractivity contribution in [2.24, 2.45) is 0 Å². The van der Waals surface area contributed by atoms with E-state index >= 15 is 0 Å². The number of benzene rings is 2. The Morgan fingerprint density at radius 3 is 2.77 bits per heavy atom. The van der Waals surface area contributed by atoms with Gasteiger partial charge in [-0.2, -0.15) is 0 Å². The average molecular weight is 470 g/mol. The lowest BCUT2D eigenvalue weighted by molar-refractivity contribution is 0.0687. The van der Waals surface area contributed by atoms with Gasteiger partial charge in [0.15, 0.2) is 5.69 Å². The summed E-state index contributed by atoms with van der Waals surface area (Å²) in [4.78, 5) is 18.6. The summed E-state index contributed by atoms with van der Waals surface area (Å²) in [6.07, 6.45) is 3.13. The summed E-state index contributed by atoms with van der Waals surface area (Å²) in [6, 6.07) is 16.8. The Morgan fingerprint density at radius 2 is 1.94 bits per heavy atom. The lowest BCUT2D eigenvalue weighted by Crippen LogP contribution is -2.34. The number of rotatable bonds is 5. The van der Waals surface area contributed by atoms with Crippen LogP contribution in [-0.4, -0.2) is 55.6 Å². The van der Waals surface area contributed by atoms with E-state index in [-0.39, 0.29) is 12.3 Å². The molecule has 0 spiro atoms. The fraction of sp³-hybridized carbons (Fsp3) is 0.333. The third-order valence-corrected chi connectivity index (χ3v) is 7.25. The summed E-state index contributed by atoms with van der Waals surface area (Å²) < 4.78 is 7.60. The van der Waals surface area contributed by atoms with E-state index < -0.39 is 5.97 Å². The molecule has 8 nitrogen and oxygen atoms in total. The van der Waals surface area contributed by atoms with Crippen LogP contribution in [0.4, 0.5) is 0 Å². The SMILES string of the molecule is Cc1ccc2c(C3CCN(CCc4cccc5c4OCc4c(C(=O)O)nnn4-5)CC3)cccc2n1. The Kier molecular flexibility index (Phi) is 5.45. The van der Waals surface area contributed by atoms with Crippen LogP contribution in [0.3, 0.4) is 0 Å². The molecule has 1 saturated heterocycles. The predicted octanol–water partition coefficient (Wildman–Crippen LogP) is 4.14. The maximum atomic E-state index is 11.4. The highest BCUT2D eigenvalue weighted by Crippen LogP contribution is 2.35. The minimum Gasteiger partial charge on any atom is -0.485 e. The molecule has 2 aliphatic rings. The van der Waals surface area contributed by atoms with Gasteiger partial charge in [-0.3, -0.25) is 4.98 Å². The van der Waals surface area contributed by atoms with Crippen LogP contribution in [0, 0.1) is 6.92 Å². The summed E-state index contributed by atoms with van der Waals surface area (Å²) in [5.41, 5.74) is 5.85. The molecule has 2 aromatic carbocycles. The topological polar surface area (TPSA) is 93.4 Å². The summed E-state index contributed by atoms with van der Waals surface area (Å²) in [7, 11) is 0. The molecule has 4 heterocycles. The van der Waals surface area contributed by atoms with Crippen LogP contribution in [0.1, 0.15) is 51.8 Å². The standard InChI is InChI=1S/C27H27N5O3/c1-17-8-9-21-20(5-3-6-22(21)28-17)18-10-13-31(14-11-18)15-12-19-4-2-7-23-26(19)35-16-24-25(27(33)34)29-30-32(23)24/h2-9,18H,10-16H2,1H3,(H,33,34). The second-order valence-corrected chi connectivity index (χ2v) is 9.39. The molecule has 1 fully saturated rings. The van der Waals surface area contributed by atoms with Gasteiger partial charge in [-0.05, 0) is 74.5 Å². The number of hydrogen-bond donors (Lipinski definition) is 1. The van der Waals surface area contributed by atoms with Crippen molar-refractivity contribution in [3.8, 4) is 11.4 Å². The van der Waals surface area contributed by atoms with Crippen molar-refractivity contribution in [3.63, 3.8) is 0 Å². The molecule has 8 heteroatoms. The number of ether oxygens (including phenoxy) is 1. The zero-order chi connectivity index (χ0) is 23.9. The van der Waals surface area contributed by atoms with Crippen molar-refractivity contribution in [3.05, 3.63) is 76.7 Å². The van der Waals surface area contributed by atoms with E-state index in [0.717, 1.165) is 67.1 Å². The Balaban J connectivity index is 1.13. The van der Waals surface area contributed by atoms with E-state index in [1.807, 2.05) is 19.1 Å². The van der Waals surface area contributed by atoms with Crippen molar-refractivity contribution in [2.75, 3.05) is 19.6 Å². The summed E-state index contributed by atoms with van der Waals surface area (Å²) in [6.45, 7) is 5.27. The molecule has 6 rings (SSSR count). The number of para-hydroxylation sites is 1. The molecule has 0 saturated carbocycles. The van der Waals surface area contributed by atoms with E-state index in [1.54, 1.807) is 4.68 Å². The minimum absolute atomic E-state index is 0.0546. The number of fused-ring (bicyclic) bond motifs is 4. The zero-order valence-corrected chi connectivity index (χ0v) is 19.6. The molecule has 0 bridgehead atoms. The van der Waals surface area contributed by atoms with Crippen LogP contribution < -0.4 is 4.74 Å². The van der Waals surface area contributed by atoms with Crippen molar-refractivity contribution in [1.82, 2.24) is 24.9 Å². The molecule has 0 unspecified atom stereocenters. The van der Waals surface area contributed by atoms with Crippen molar-refractivity contribution in [1.29, 1.82) is 0 Å². The fourth-order valence-corrected chi connectivity index (χ4v) is 5.42. The molecule has 0 amide bonds. The molecule has 35 heavy (non-hydrogen) atoms. The van der Waals surface area contributed by atoms with Gasteiger partial charge in [-0.25, -0.2) is 9.48 Å². The largest absolute Gasteiger partial charge is 0.485 e. The molecular weight excluding hydrogens is 442 g/mol. The molecule has 1 N–H and O–H groups in total. The summed E-state index contributed by atoms with van der Waals surface area (Å²) in [5, 5.41) is 18.5. The highest BCUT2D eigenvalue weighted by atomic mass is 16.5. The highest BCUT2D eigenvalue weighted by Gasteiger charge is 2.28. The third-order valence-electron chi connectivity index (χ3n) is 7.25. The van der Waals surface area contributed by atoms with Gasteiger partial charge in [0.25, 0.3) is 0 Å². The number of carboxylic acid groups (broad SMARTS) is 1. The van der Waals surface area contributed by atoms with Crippen LogP contribution in [0.25, 0.3) is 16.6 Å². The number of piperidine rings is 1. The number of hydrogen-bond acceptors (Lipinski definition) is 6. The highest BCUT2D eigenvalue weighted by molar-refractivity contribution is 5.86. The van der Waals surface area contributed by atoms with Crippen LogP contribution >= 0.6 is 0 Å². The van der Waals surface area contributed by atoms with Gasteiger partial charge in [0.1, 0.15) is 23.7 Å². The second-order valence-electron chi connectivity index (χ2n) is 9.39. The molecule has 178 valence electrons. The van der Waals surface area contributed by atoms with Crippen molar-refractivity contribution in [2.45, 2.75) is 38.7 Å². The molecule has 4 aromatic rings. The van der Waals surface area contributed by atoms with E-state index in [1.165, 1.54) is 10.9 Å². The first-order valence-electron chi connectivity index (χ1n) is 12.1. The fourth-order valence-electron chi connectivity index (χ4n) is 5.42. The summed E-state index contributed by atoms with van der Waals surface area (Å²) in [5.74, 6) is 0.240. The van der Waals surface area contributed by atoms with Crippen LogP contribution in [0.15, 0.2) is 48.5 Å². The number of likely N-dealkylation sites (tertiary alicyclic amines) is 1. The first kappa shape index (κ1) is 21.7. The lowest BCUT2D eigenvalue weighted by Gasteiger charge is -2.33. The van der Waals surface area contributed by atoms with Crippen LogP contribution in [0.5, 0.6) is 5.75 Å². The predicted molar refractivity (Wildman–Crippen MR) is 131 cm³/mol. The smallest absolute Gasteiger partial charge is 0.358 e. The maximum absolute atomic E-state index is 11.4. The molecule has 2 aromatic heterocycles. The minimum atomic E-state index is -1.09. The normalized spacial score (nSPS) is 16.0. The van der Waals surface area contributed by atoms with Crippen LogP contribution in [0.2, 0.25) is 0 Å². The van der Waals surface area contributed by atoms with E-state index in [2.05, 4.69) is 51.6 Å². The van der Waals surface area contributed by atoms with Crippen molar-refractivity contribution >= 4 is 16.9 Å². The van der Waals surface area contributed by atoms with Gasteiger partial charge in [-0.15, -0.1) is 5.10 Å². The monoisotopic (exact) mass is 469 g/mol. The number of pyridine rings is 1. The third kappa shape index (κ3) is 3.93. The van der Waals surface area contributed by atoms with E-state index in [0.29, 0.717) is 11.6 Å². The maximum Gasteiger partial charge on any atom is 0.358 e.